The summed E-state index contributed by atoms with van der Waals surface area (Å²) < 4.78 is 4.93. The predicted molar refractivity (Wildman–Crippen MR) is 73.2 cm³/mol. The minimum atomic E-state index is -0.189. The van der Waals surface area contributed by atoms with Crippen LogP contribution in [0, 0.1) is 11.3 Å². The van der Waals surface area contributed by atoms with Crippen molar-refractivity contribution >= 4 is 11.5 Å². The molecule has 1 aliphatic rings. The third kappa shape index (κ3) is 3.03. The van der Waals surface area contributed by atoms with Crippen molar-refractivity contribution in [1.82, 2.24) is 0 Å². The van der Waals surface area contributed by atoms with Crippen molar-refractivity contribution in [3.8, 4) is 6.07 Å². The zero-order valence-electron chi connectivity index (χ0n) is 11.1. The zero-order valence-corrected chi connectivity index (χ0v) is 11.1. The molecule has 0 N–H and O–H groups in total. The summed E-state index contributed by atoms with van der Waals surface area (Å²) in [5.74, 6) is -0.189. The average molecular weight is 255 g/mol. The Morgan fingerprint density at radius 2 is 2.16 bits per heavy atom. The summed E-state index contributed by atoms with van der Waals surface area (Å²) in [6.45, 7) is 2.21. The summed E-state index contributed by atoms with van der Waals surface area (Å²) in [7, 11) is 0. The van der Waals surface area contributed by atoms with E-state index in [1.807, 2.05) is 18.2 Å². The molecule has 0 saturated heterocycles. The molecule has 0 fully saturated rings. The largest absolute Gasteiger partial charge is 0.466 e. The van der Waals surface area contributed by atoms with Crippen molar-refractivity contribution in [3.63, 3.8) is 0 Å². The molecular formula is C16H17NO2. The molecule has 0 atom stereocenters. The number of hydrogen-bond donors (Lipinski definition) is 0. The van der Waals surface area contributed by atoms with Crippen LogP contribution in [0.25, 0.3) is 5.57 Å². The first-order chi connectivity index (χ1) is 9.26. The number of allylic oxidation sites excluding steroid dienone is 2. The summed E-state index contributed by atoms with van der Waals surface area (Å²) in [6, 6.07) is 10.3. The van der Waals surface area contributed by atoms with Gasteiger partial charge in [-0.25, -0.2) is 0 Å². The number of esters is 1. The quantitative estimate of drug-likeness (QED) is 0.776. The number of aryl methyl sites for hydroxylation is 1. The minimum Gasteiger partial charge on any atom is -0.466 e. The van der Waals surface area contributed by atoms with E-state index in [1.54, 1.807) is 6.92 Å². The molecule has 0 bridgehead atoms. The zero-order chi connectivity index (χ0) is 13.7. The van der Waals surface area contributed by atoms with Gasteiger partial charge in [0, 0.05) is 6.42 Å². The Bertz CT molecular complexity index is 552. The van der Waals surface area contributed by atoms with Gasteiger partial charge >= 0.3 is 5.97 Å². The number of ether oxygens (including phenoxy) is 1. The van der Waals surface area contributed by atoms with Gasteiger partial charge in [-0.2, -0.15) is 5.26 Å². The number of nitrogens with zero attached hydrogens (tertiary/aromatic N) is 1. The molecule has 0 radical (unpaired) electrons. The number of hydrogen-bond acceptors (Lipinski definition) is 3. The van der Waals surface area contributed by atoms with Gasteiger partial charge in [-0.05, 0) is 37.3 Å². The van der Waals surface area contributed by atoms with Crippen molar-refractivity contribution in [1.29, 1.82) is 5.26 Å². The van der Waals surface area contributed by atoms with Crippen LogP contribution in [0.15, 0.2) is 29.8 Å². The Balaban J connectivity index is 2.18. The molecule has 1 aromatic carbocycles. The number of rotatable bonds is 4. The summed E-state index contributed by atoms with van der Waals surface area (Å²) in [5.41, 5.74) is 4.06. The molecule has 2 rings (SSSR count). The minimum absolute atomic E-state index is 0.189. The molecule has 1 aromatic rings. The highest BCUT2D eigenvalue weighted by molar-refractivity contribution is 5.83. The Labute approximate surface area is 113 Å². The van der Waals surface area contributed by atoms with Gasteiger partial charge in [-0.15, -0.1) is 0 Å². The summed E-state index contributed by atoms with van der Waals surface area (Å²) >= 11 is 0. The first-order valence-corrected chi connectivity index (χ1v) is 6.62. The molecule has 3 heteroatoms. The van der Waals surface area contributed by atoms with E-state index in [4.69, 9.17) is 4.74 Å². The monoisotopic (exact) mass is 255 g/mol. The molecule has 0 aliphatic heterocycles. The summed E-state index contributed by atoms with van der Waals surface area (Å²) in [6.07, 6.45) is 2.78. The van der Waals surface area contributed by atoms with Crippen molar-refractivity contribution in [2.75, 3.05) is 6.61 Å². The SMILES string of the molecule is CCOC(=O)CCC1=C(C#N)c2ccccc2CC1. The van der Waals surface area contributed by atoms with Crippen LogP contribution in [0.1, 0.15) is 37.3 Å². The van der Waals surface area contributed by atoms with Gasteiger partial charge < -0.3 is 4.74 Å². The molecular weight excluding hydrogens is 238 g/mol. The van der Waals surface area contributed by atoms with Crippen molar-refractivity contribution in [2.24, 2.45) is 0 Å². The van der Waals surface area contributed by atoms with Crippen molar-refractivity contribution in [3.05, 3.63) is 41.0 Å². The molecule has 0 spiro atoms. The van der Waals surface area contributed by atoms with Crippen LogP contribution in [-0.2, 0) is 16.0 Å². The maximum atomic E-state index is 11.4. The Morgan fingerprint density at radius 3 is 2.89 bits per heavy atom. The van der Waals surface area contributed by atoms with Gasteiger partial charge in [0.05, 0.1) is 18.2 Å². The molecule has 19 heavy (non-hydrogen) atoms. The van der Waals surface area contributed by atoms with Crippen LogP contribution < -0.4 is 0 Å². The number of carbonyl (C=O) groups is 1. The third-order valence-electron chi connectivity index (χ3n) is 3.38. The molecule has 0 saturated carbocycles. The van der Waals surface area contributed by atoms with Crippen LogP contribution in [0.5, 0.6) is 0 Å². The average Bonchev–Trinajstić information content (AvgIpc) is 2.44. The smallest absolute Gasteiger partial charge is 0.306 e. The number of fused-ring (bicyclic) bond motifs is 1. The van der Waals surface area contributed by atoms with Crippen LogP contribution in [0.2, 0.25) is 0 Å². The Hall–Kier alpha value is -2.08. The van der Waals surface area contributed by atoms with E-state index in [-0.39, 0.29) is 5.97 Å². The van der Waals surface area contributed by atoms with E-state index in [9.17, 15) is 10.1 Å². The van der Waals surface area contributed by atoms with Gasteiger partial charge in [-0.1, -0.05) is 29.8 Å². The van der Waals surface area contributed by atoms with Gasteiger partial charge in [0.25, 0.3) is 0 Å². The lowest BCUT2D eigenvalue weighted by molar-refractivity contribution is -0.143. The third-order valence-corrected chi connectivity index (χ3v) is 3.38. The van der Waals surface area contributed by atoms with Crippen LogP contribution in [0.4, 0.5) is 0 Å². The number of carbonyl (C=O) groups excluding carboxylic acids is 1. The second-order valence-electron chi connectivity index (χ2n) is 4.55. The molecule has 0 heterocycles. The van der Waals surface area contributed by atoms with E-state index in [0.29, 0.717) is 19.4 Å². The summed E-state index contributed by atoms with van der Waals surface area (Å²) in [5, 5.41) is 9.35. The van der Waals surface area contributed by atoms with E-state index in [1.165, 1.54) is 5.56 Å². The fourth-order valence-corrected chi connectivity index (χ4v) is 2.46. The van der Waals surface area contributed by atoms with E-state index >= 15 is 0 Å². The second-order valence-corrected chi connectivity index (χ2v) is 4.55. The van der Waals surface area contributed by atoms with Gasteiger partial charge in [0.2, 0.25) is 0 Å². The number of benzene rings is 1. The first-order valence-electron chi connectivity index (χ1n) is 6.62. The Morgan fingerprint density at radius 1 is 1.37 bits per heavy atom. The first kappa shape index (κ1) is 13.4. The van der Waals surface area contributed by atoms with Crippen molar-refractivity contribution in [2.45, 2.75) is 32.6 Å². The van der Waals surface area contributed by atoms with Crippen LogP contribution in [-0.4, -0.2) is 12.6 Å². The van der Waals surface area contributed by atoms with Crippen LogP contribution in [0.3, 0.4) is 0 Å². The van der Waals surface area contributed by atoms with E-state index in [0.717, 1.165) is 29.6 Å². The summed E-state index contributed by atoms with van der Waals surface area (Å²) in [4.78, 5) is 11.4. The fraction of sp³-hybridized carbons (Fsp3) is 0.375. The molecule has 0 amide bonds. The maximum absolute atomic E-state index is 11.4. The Kier molecular flexibility index (Phi) is 4.35. The van der Waals surface area contributed by atoms with E-state index in [2.05, 4.69) is 12.1 Å². The molecule has 1 aliphatic carbocycles. The van der Waals surface area contributed by atoms with Crippen molar-refractivity contribution < 1.29 is 9.53 Å². The fourth-order valence-electron chi connectivity index (χ4n) is 2.46. The highest BCUT2D eigenvalue weighted by Crippen LogP contribution is 2.32. The molecule has 0 aromatic heterocycles. The second kappa shape index (κ2) is 6.19. The molecule has 3 nitrogen and oxygen atoms in total. The number of nitriles is 1. The lowest BCUT2D eigenvalue weighted by Gasteiger charge is -2.19. The topological polar surface area (TPSA) is 50.1 Å². The predicted octanol–water partition coefficient (Wildman–Crippen LogP) is 3.25. The lowest BCUT2D eigenvalue weighted by atomic mass is 9.84. The normalized spacial score (nSPS) is 13.7. The van der Waals surface area contributed by atoms with Gasteiger partial charge in [0.15, 0.2) is 0 Å². The van der Waals surface area contributed by atoms with Gasteiger partial charge in [-0.3, -0.25) is 4.79 Å². The van der Waals surface area contributed by atoms with E-state index < -0.39 is 0 Å². The molecule has 98 valence electrons. The standard InChI is InChI=1S/C16H17NO2/c1-2-19-16(18)10-9-13-8-7-12-5-3-4-6-14(12)15(13)11-17/h3-6H,2,7-10H2,1H3. The highest BCUT2D eigenvalue weighted by atomic mass is 16.5. The van der Waals surface area contributed by atoms with Crippen LogP contribution >= 0.6 is 0 Å². The lowest BCUT2D eigenvalue weighted by Crippen LogP contribution is -2.08. The highest BCUT2D eigenvalue weighted by Gasteiger charge is 2.19. The molecule has 0 unspecified atom stereocenters. The van der Waals surface area contributed by atoms with Gasteiger partial charge in [0.1, 0.15) is 0 Å². The maximum Gasteiger partial charge on any atom is 0.306 e.